The first kappa shape index (κ1) is 58.3. The van der Waals surface area contributed by atoms with E-state index in [0.29, 0.717) is 77.7 Å². The second kappa shape index (κ2) is 30.5. The van der Waals surface area contributed by atoms with E-state index >= 15 is 0 Å². The molecule has 0 aromatic heterocycles. The Balaban J connectivity index is 0.793. The summed E-state index contributed by atoms with van der Waals surface area (Å²) < 4.78 is 53.4. The van der Waals surface area contributed by atoms with Gasteiger partial charge in [0.25, 0.3) is 5.91 Å². The van der Waals surface area contributed by atoms with Gasteiger partial charge in [0.05, 0.1) is 45.1 Å². The van der Waals surface area contributed by atoms with Crippen LogP contribution in [0.25, 0.3) is 33.4 Å². The Labute approximate surface area is 453 Å². The van der Waals surface area contributed by atoms with Gasteiger partial charge in [0.15, 0.2) is 0 Å². The zero-order chi connectivity index (χ0) is 56.0. The van der Waals surface area contributed by atoms with Crippen molar-refractivity contribution >= 4 is 40.9 Å². The first-order valence-corrected chi connectivity index (χ1v) is 26.8. The molecule has 2 aromatic carbocycles. The molecule has 1 aliphatic carbocycles. The number of hydrogen-bond donors (Lipinski definition) is 5. The molecule has 0 spiro atoms. The highest BCUT2D eigenvalue weighted by Gasteiger charge is 2.41. The molecule has 1 fully saturated rings. The van der Waals surface area contributed by atoms with Crippen LogP contribution in [-0.2, 0) is 42.7 Å². The van der Waals surface area contributed by atoms with Crippen LogP contribution in [0.15, 0.2) is 64.7 Å². The summed E-state index contributed by atoms with van der Waals surface area (Å²) in [5.74, 6) is -0.468. The van der Waals surface area contributed by atoms with Crippen LogP contribution in [0.5, 0.6) is 0 Å². The minimum Gasteiger partial charge on any atom is -0.458 e. The zero-order valence-corrected chi connectivity index (χ0v) is 45.8. The second-order valence-corrected chi connectivity index (χ2v) is 19.2. The molecule has 5 N–H and O–H groups in total. The molecule has 0 bridgehead atoms. The maximum Gasteiger partial charge on any atom is 0.407 e. The number of esters is 1. The molecular weight excluding hydrogens is 991 g/mol. The molecule has 0 saturated carbocycles. The number of amides is 5. The van der Waals surface area contributed by atoms with Crippen molar-refractivity contribution in [2.75, 3.05) is 99.2 Å². The number of alkyl carbamates (subject to hydrolysis) is 1. The lowest BCUT2D eigenvalue weighted by atomic mass is 9.88. The Morgan fingerprint density at radius 2 is 1.55 bits per heavy atom. The number of carbonyl (C=O) groups is 5. The smallest absolute Gasteiger partial charge is 0.407 e. The van der Waals surface area contributed by atoms with E-state index in [9.17, 15) is 24.0 Å². The lowest BCUT2D eigenvalue weighted by Gasteiger charge is -2.34. The Kier molecular flexibility index (Phi) is 23.1. The fraction of sp³-hybridized carbons (Fsp3) is 0.544. The summed E-state index contributed by atoms with van der Waals surface area (Å²) in [7, 11) is 1.70. The molecule has 20 heteroatoms. The van der Waals surface area contributed by atoms with Crippen LogP contribution in [-0.4, -0.2) is 164 Å². The second-order valence-electron chi connectivity index (χ2n) is 19.2. The molecule has 4 atom stereocenters. The molecule has 3 heterocycles. The fourth-order valence-corrected chi connectivity index (χ4v) is 8.79. The average Bonchev–Trinajstić information content (AvgIpc) is 3.98. The molecule has 3 aliphatic heterocycles. The molecule has 5 amide bonds. The van der Waals surface area contributed by atoms with Crippen LogP contribution in [0.2, 0.25) is 0 Å². The van der Waals surface area contributed by atoms with Crippen LogP contribution in [0.1, 0.15) is 88.2 Å². The van der Waals surface area contributed by atoms with Crippen LogP contribution in [0, 0.1) is 20.8 Å². The van der Waals surface area contributed by atoms with Gasteiger partial charge in [-0.25, -0.2) is 19.4 Å². The summed E-state index contributed by atoms with van der Waals surface area (Å²) in [5, 5.41) is 13.6. The van der Waals surface area contributed by atoms with Gasteiger partial charge in [-0.05, 0) is 114 Å². The first-order chi connectivity index (χ1) is 37.7. The number of benzene rings is 3. The standard InChI is InChI=1S/C57H79N7O13/c1-9-11-18-59-50(65)35-73-36-52(66)77-47-33-51(75-41(47)7)64-34-40(6)54(62-56(64)68)60-19-14-22-70-25-27-72-28-26-71-23-15-20-61-57(69)74-24-21-63(8)55(67)43-17-13-12-16-42(43)53-44-29-37(3)38(4)31-48(44)76-49-32-46(58-10-2)39(5)30-45(49)53/h12-13,16-17,29-32,34,41,47,51,54,60H,9-11,14-15,18-28,33,35-36H2,1-8H3,(H,59,65)(H,61,69)(H,62,68)/p+1/i7D. The number of carbonyl (C=O) groups excluding carboxylic acids is 5. The number of unbranched alkanes of at least 4 members (excludes halogenated alkanes) is 1. The summed E-state index contributed by atoms with van der Waals surface area (Å²) in [5.41, 5.74) is 8.04. The van der Waals surface area contributed by atoms with E-state index in [1.807, 2.05) is 44.2 Å². The lowest BCUT2D eigenvalue weighted by Crippen LogP contribution is -2.76. The fourth-order valence-electron chi connectivity index (χ4n) is 8.79. The third kappa shape index (κ3) is 17.5. The van der Waals surface area contributed by atoms with E-state index in [2.05, 4.69) is 72.2 Å². The van der Waals surface area contributed by atoms with Gasteiger partial charge >= 0.3 is 18.1 Å². The van der Waals surface area contributed by atoms with Crippen LogP contribution < -0.4 is 31.6 Å². The molecule has 420 valence electrons. The van der Waals surface area contributed by atoms with Crippen molar-refractivity contribution in [3.05, 3.63) is 87.9 Å². The first-order valence-electron chi connectivity index (χ1n) is 27.5. The SMILES string of the molecule is [2H]CC1OC(N2C=C(C)C(NCCCOCCOCCOCCCNC(=O)OCCN(C)C(=O)c3ccccc3-c3c4cc(C)c(=[NH+]CC)cc-4oc4cc(C)c(C)cc34)NC2=O)CC1OC(=O)COCC(=O)NCCCC. The number of fused-ring (bicyclic) bond motifs is 2. The van der Waals surface area contributed by atoms with Crippen molar-refractivity contribution in [2.45, 2.75) is 105 Å². The highest BCUT2D eigenvalue weighted by atomic mass is 16.6. The third-order valence-corrected chi connectivity index (χ3v) is 13.2. The molecule has 1 saturated heterocycles. The Bertz CT molecular complexity index is 2720. The Morgan fingerprint density at radius 3 is 2.29 bits per heavy atom. The van der Waals surface area contributed by atoms with E-state index in [4.69, 9.17) is 38.9 Å². The van der Waals surface area contributed by atoms with Crippen molar-refractivity contribution in [1.29, 1.82) is 0 Å². The van der Waals surface area contributed by atoms with Gasteiger partial charge in [0, 0.05) is 75.0 Å². The number of urea groups is 1. The summed E-state index contributed by atoms with van der Waals surface area (Å²) in [6, 6.07) is 15.5. The van der Waals surface area contributed by atoms with Gasteiger partial charge < -0.3 is 58.4 Å². The van der Waals surface area contributed by atoms with Gasteiger partial charge in [0.2, 0.25) is 11.3 Å². The number of aryl methyl sites for hydroxylation is 3. The van der Waals surface area contributed by atoms with Crippen molar-refractivity contribution in [3.8, 4) is 22.5 Å². The summed E-state index contributed by atoms with van der Waals surface area (Å²) in [4.78, 5) is 70.3. The molecule has 20 nitrogen and oxygen atoms in total. The van der Waals surface area contributed by atoms with Crippen molar-refractivity contribution in [1.82, 2.24) is 31.1 Å². The van der Waals surface area contributed by atoms with Crippen LogP contribution >= 0.6 is 0 Å². The van der Waals surface area contributed by atoms with Gasteiger partial charge in [-0.1, -0.05) is 31.5 Å². The van der Waals surface area contributed by atoms with Gasteiger partial charge in [-0.15, -0.1) is 0 Å². The monoisotopic (exact) mass is 1070 g/mol. The quantitative estimate of drug-likeness (QED) is 0.0274. The van der Waals surface area contributed by atoms with Gasteiger partial charge in [0.1, 0.15) is 56.2 Å². The van der Waals surface area contributed by atoms with E-state index < -0.39 is 43.3 Å². The summed E-state index contributed by atoms with van der Waals surface area (Å²) in [6.45, 7) is 16.3. The molecule has 4 aliphatic rings. The van der Waals surface area contributed by atoms with E-state index in [-0.39, 0.29) is 50.9 Å². The summed E-state index contributed by atoms with van der Waals surface area (Å²) >= 11 is 0. The average molecular weight is 1070 g/mol. The lowest BCUT2D eigenvalue weighted by molar-refractivity contribution is -0.496. The Morgan fingerprint density at radius 1 is 0.831 bits per heavy atom. The molecule has 4 unspecified atom stereocenters. The minimum atomic E-state index is -0.748. The largest absolute Gasteiger partial charge is 0.458 e. The number of likely N-dealkylation sites (N-methyl/N-ethyl adjacent to an activating group) is 1. The number of nitrogens with one attached hydrogen (secondary N) is 5. The van der Waals surface area contributed by atoms with E-state index in [0.717, 1.165) is 80.4 Å². The van der Waals surface area contributed by atoms with Crippen LogP contribution in [0.3, 0.4) is 0 Å². The molecule has 77 heavy (non-hydrogen) atoms. The van der Waals surface area contributed by atoms with Gasteiger partial charge in [-0.3, -0.25) is 19.8 Å². The van der Waals surface area contributed by atoms with Crippen molar-refractivity contribution in [2.24, 2.45) is 0 Å². The molecule has 6 rings (SSSR count). The number of ether oxygens (including phenoxy) is 7. The topological polar surface area (TPSA) is 232 Å². The Hall–Kier alpha value is -6.42. The molecule has 2 aromatic rings. The third-order valence-electron chi connectivity index (χ3n) is 13.2. The van der Waals surface area contributed by atoms with Crippen LogP contribution in [0.4, 0.5) is 9.59 Å². The number of hydrogen-bond acceptors (Lipinski definition) is 14. The van der Waals surface area contributed by atoms with E-state index in [1.165, 1.54) is 4.90 Å². The number of rotatable bonds is 30. The van der Waals surface area contributed by atoms with Crippen molar-refractivity contribution < 1.29 is 67.9 Å². The molecule has 0 radical (unpaired) electrons. The van der Waals surface area contributed by atoms with E-state index in [1.54, 1.807) is 18.1 Å². The number of nitrogens with zero attached hydrogens (tertiary/aromatic N) is 2. The minimum absolute atomic E-state index is 0.0167. The van der Waals surface area contributed by atoms with Crippen molar-refractivity contribution in [3.63, 3.8) is 0 Å². The van der Waals surface area contributed by atoms with Gasteiger partial charge in [-0.2, -0.15) is 0 Å². The normalized spacial score (nSPS) is 17.8. The maximum absolute atomic E-state index is 14.1. The molecular formula is C57H80N7O13+. The predicted molar refractivity (Wildman–Crippen MR) is 289 cm³/mol. The highest BCUT2D eigenvalue weighted by molar-refractivity contribution is 6.09. The predicted octanol–water partition coefficient (Wildman–Crippen LogP) is 4.58. The maximum atomic E-state index is 14.1. The highest BCUT2D eigenvalue weighted by Crippen LogP contribution is 2.42. The zero-order valence-electron chi connectivity index (χ0n) is 46.8. The summed E-state index contributed by atoms with van der Waals surface area (Å²) in [6.07, 6.45) is 1.77.